The lowest BCUT2D eigenvalue weighted by atomic mass is 10.3. The van der Waals surface area contributed by atoms with Crippen LogP contribution in [0.2, 0.25) is 0 Å². The largest absolute Gasteiger partial charge is 0.492 e. The number of amides is 1. The number of hydrogen-bond donors (Lipinski definition) is 2. The van der Waals surface area contributed by atoms with Gasteiger partial charge in [-0.3, -0.25) is 10.1 Å². The van der Waals surface area contributed by atoms with E-state index in [0.29, 0.717) is 23.8 Å². The van der Waals surface area contributed by atoms with Crippen LogP contribution in [0.1, 0.15) is 6.92 Å². The van der Waals surface area contributed by atoms with Gasteiger partial charge in [0.05, 0.1) is 12.3 Å². The van der Waals surface area contributed by atoms with Crippen molar-refractivity contribution >= 4 is 44.9 Å². The molecular formula is C17H17BrN2O3S. The maximum Gasteiger partial charge on any atom is 0.264 e. The highest BCUT2D eigenvalue weighted by Crippen LogP contribution is 2.23. The van der Waals surface area contributed by atoms with Gasteiger partial charge in [-0.05, 0) is 55.5 Å². The summed E-state index contributed by atoms with van der Waals surface area (Å²) >= 11 is 8.48. The average molecular weight is 409 g/mol. The molecular weight excluding hydrogens is 392 g/mol. The number of ether oxygens (including phenoxy) is 2. The fourth-order valence-corrected chi connectivity index (χ4v) is 2.34. The molecule has 0 fully saturated rings. The molecule has 2 rings (SSSR count). The molecule has 2 N–H and O–H groups in total. The molecule has 0 atom stereocenters. The number of para-hydroxylation sites is 2. The summed E-state index contributed by atoms with van der Waals surface area (Å²) in [5.74, 6) is 0.931. The van der Waals surface area contributed by atoms with E-state index in [1.54, 1.807) is 12.1 Å². The van der Waals surface area contributed by atoms with Gasteiger partial charge in [-0.1, -0.05) is 28.1 Å². The third kappa shape index (κ3) is 5.82. The van der Waals surface area contributed by atoms with Gasteiger partial charge in [0.2, 0.25) is 0 Å². The third-order valence-corrected chi connectivity index (χ3v) is 3.60. The zero-order valence-corrected chi connectivity index (χ0v) is 15.4. The fraction of sp³-hybridized carbons (Fsp3) is 0.176. The Hall–Kier alpha value is -2.12. The van der Waals surface area contributed by atoms with Crippen molar-refractivity contribution in [2.45, 2.75) is 6.92 Å². The molecule has 0 bridgehead atoms. The first-order valence-corrected chi connectivity index (χ1v) is 8.49. The van der Waals surface area contributed by atoms with Crippen LogP contribution in [0.15, 0.2) is 53.0 Å². The van der Waals surface area contributed by atoms with Crippen LogP contribution in [0.3, 0.4) is 0 Å². The summed E-state index contributed by atoms with van der Waals surface area (Å²) < 4.78 is 11.8. The Bertz CT molecular complexity index is 707. The summed E-state index contributed by atoms with van der Waals surface area (Å²) in [4.78, 5) is 11.9. The van der Waals surface area contributed by atoms with Crippen molar-refractivity contribution in [1.82, 2.24) is 5.32 Å². The molecule has 2 aromatic rings. The van der Waals surface area contributed by atoms with E-state index in [9.17, 15) is 4.79 Å². The van der Waals surface area contributed by atoms with E-state index in [4.69, 9.17) is 21.7 Å². The summed E-state index contributed by atoms with van der Waals surface area (Å²) in [6.07, 6.45) is 0. The summed E-state index contributed by atoms with van der Waals surface area (Å²) in [6.45, 7) is 2.31. The average Bonchev–Trinajstić information content (AvgIpc) is 2.56. The van der Waals surface area contributed by atoms with E-state index in [1.165, 1.54) is 0 Å². The lowest BCUT2D eigenvalue weighted by molar-refractivity contribution is -0.121. The van der Waals surface area contributed by atoms with Crippen LogP contribution < -0.4 is 20.1 Å². The molecule has 0 spiro atoms. The SMILES string of the molecule is CCOc1ccccc1NC(=S)NC(=O)COc1ccc(Br)cc1. The van der Waals surface area contributed by atoms with E-state index in [2.05, 4.69) is 26.6 Å². The van der Waals surface area contributed by atoms with Gasteiger partial charge in [0.1, 0.15) is 11.5 Å². The molecule has 0 heterocycles. The molecule has 0 aliphatic carbocycles. The lowest BCUT2D eigenvalue weighted by Gasteiger charge is -2.13. The van der Waals surface area contributed by atoms with Gasteiger partial charge in [-0.2, -0.15) is 0 Å². The van der Waals surface area contributed by atoms with Crippen LogP contribution in [-0.4, -0.2) is 24.2 Å². The molecule has 0 radical (unpaired) electrons. The first-order chi connectivity index (χ1) is 11.6. The Morgan fingerprint density at radius 2 is 1.83 bits per heavy atom. The second kappa shape index (κ2) is 9.24. The van der Waals surface area contributed by atoms with E-state index < -0.39 is 0 Å². The number of benzene rings is 2. The predicted molar refractivity (Wildman–Crippen MR) is 102 cm³/mol. The van der Waals surface area contributed by atoms with Crippen molar-refractivity contribution in [3.8, 4) is 11.5 Å². The third-order valence-electron chi connectivity index (χ3n) is 2.87. The first-order valence-electron chi connectivity index (χ1n) is 7.29. The van der Waals surface area contributed by atoms with Crippen LogP contribution in [0.5, 0.6) is 11.5 Å². The molecule has 0 aliphatic heterocycles. The maximum absolute atomic E-state index is 11.9. The standard InChI is InChI=1S/C17H17BrN2O3S/c1-2-22-15-6-4-3-5-14(15)19-17(24)20-16(21)11-23-13-9-7-12(18)8-10-13/h3-10H,2,11H2,1H3,(H2,19,20,21,24). The number of anilines is 1. The van der Waals surface area contributed by atoms with Gasteiger partial charge in [0.25, 0.3) is 5.91 Å². The zero-order valence-electron chi connectivity index (χ0n) is 13.0. The molecule has 1 amide bonds. The molecule has 5 nitrogen and oxygen atoms in total. The minimum absolute atomic E-state index is 0.128. The quantitative estimate of drug-likeness (QED) is 0.712. The molecule has 2 aromatic carbocycles. The summed E-state index contributed by atoms with van der Waals surface area (Å²) in [5, 5.41) is 5.70. The Labute approximate surface area is 154 Å². The fourth-order valence-electron chi connectivity index (χ4n) is 1.85. The number of carbonyl (C=O) groups excluding carboxylic acids is 1. The highest BCUT2D eigenvalue weighted by molar-refractivity contribution is 9.10. The van der Waals surface area contributed by atoms with Crippen LogP contribution in [0.25, 0.3) is 0 Å². The molecule has 24 heavy (non-hydrogen) atoms. The summed E-state index contributed by atoms with van der Waals surface area (Å²) in [7, 11) is 0. The Morgan fingerprint density at radius 1 is 1.12 bits per heavy atom. The van der Waals surface area contributed by atoms with Gasteiger partial charge in [-0.25, -0.2) is 0 Å². The molecule has 7 heteroatoms. The number of hydrogen-bond acceptors (Lipinski definition) is 4. The smallest absolute Gasteiger partial charge is 0.264 e. The number of rotatable bonds is 6. The van der Waals surface area contributed by atoms with Gasteiger partial charge >= 0.3 is 0 Å². The normalized spacial score (nSPS) is 9.92. The topological polar surface area (TPSA) is 59.6 Å². The van der Waals surface area contributed by atoms with Crippen LogP contribution in [0.4, 0.5) is 5.69 Å². The van der Waals surface area contributed by atoms with Crippen molar-refractivity contribution in [3.63, 3.8) is 0 Å². The highest BCUT2D eigenvalue weighted by Gasteiger charge is 2.08. The van der Waals surface area contributed by atoms with Gasteiger partial charge < -0.3 is 14.8 Å². The van der Waals surface area contributed by atoms with Crippen molar-refractivity contribution in [1.29, 1.82) is 0 Å². The minimum atomic E-state index is -0.343. The van der Waals surface area contributed by atoms with Crippen molar-refractivity contribution in [2.24, 2.45) is 0 Å². The molecule has 0 aliphatic rings. The van der Waals surface area contributed by atoms with E-state index in [-0.39, 0.29) is 17.6 Å². The molecule has 0 unspecified atom stereocenters. The number of carbonyl (C=O) groups is 1. The maximum atomic E-state index is 11.9. The van der Waals surface area contributed by atoms with Crippen LogP contribution in [-0.2, 0) is 4.79 Å². The summed E-state index contributed by atoms with van der Waals surface area (Å²) in [5.41, 5.74) is 0.693. The van der Waals surface area contributed by atoms with Crippen LogP contribution >= 0.6 is 28.1 Å². The Morgan fingerprint density at radius 3 is 2.54 bits per heavy atom. The molecule has 0 saturated heterocycles. The molecule has 0 aromatic heterocycles. The second-order valence-corrected chi connectivity index (χ2v) is 6.00. The zero-order chi connectivity index (χ0) is 17.4. The van der Waals surface area contributed by atoms with E-state index in [1.807, 2.05) is 43.3 Å². The van der Waals surface area contributed by atoms with Crippen molar-refractivity contribution in [2.75, 3.05) is 18.5 Å². The Balaban J connectivity index is 1.83. The van der Waals surface area contributed by atoms with Crippen LogP contribution in [0, 0.1) is 0 Å². The number of nitrogens with one attached hydrogen (secondary N) is 2. The number of halogens is 1. The monoisotopic (exact) mass is 408 g/mol. The van der Waals surface area contributed by atoms with Crippen molar-refractivity contribution in [3.05, 3.63) is 53.0 Å². The molecule has 126 valence electrons. The minimum Gasteiger partial charge on any atom is -0.492 e. The Kier molecular flexibility index (Phi) is 7.02. The van der Waals surface area contributed by atoms with Gasteiger partial charge in [0.15, 0.2) is 11.7 Å². The van der Waals surface area contributed by atoms with Gasteiger partial charge in [-0.15, -0.1) is 0 Å². The van der Waals surface area contributed by atoms with Gasteiger partial charge in [0, 0.05) is 4.47 Å². The van der Waals surface area contributed by atoms with E-state index in [0.717, 1.165) is 4.47 Å². The molecule has 0 saturated carbocycles. The second-order valence-electron chi connectivity index (χ2n) is 4.67. The number of thiocarbonyl (C=S) groups is 1. The first kappa shape index (κ1) is 18.2. The highest BCUT2D eigenvalue weighted by atomic mass is 79.9. The lowest BCUT2D eigenvalue weighted by Crippen LogP contribution is -2.37. The predicted octanol–water partition coefficient (Wildman–Crippen LogP) is 3.74. The van der Waals surface area contributed by atoms with Crippen molar-refractivity contribution < 1.29 is 14.3 Å². The summed E-state index contributed by atoms with van der Waals surface area (Å²) in [6, 6.07) is 14.6. The van der Waals surface area contributed by atoms with E-state index >= 15 is 0 Å².